The Hall–Kier alpha value is -1.38. The molecule has 4 atom stereocenters. The number of nitrogens with one attached hydrogen (secondary N) is 1. The van der Waals surface area contributed by atoms with Crippen molar-refractivity contribution in [1.82, 2.24) is 9.80 Å². The molecule has 3 fully saturated rings. The van der Waals surface area contributed by atoms with Crippen LogP contribution in [-0.4, -0.2) is 86.0 Å². The Labute approximate surface area is 183 Å². The summed E-state index contributed by atoms with van der Waals surface area (Å²) in [5, 5.41) is 14.3. The third-order valence-corrected chi connectivity index (χ3v) is 7.23. The van der Waals surface area contributed by atoms with Crippen molar-refractivity contribution in [1.29, 1.82) is 0 Å². The molecule has 8 heteroatoms. The minimum absolute atomic E-state index is 0.0565. The molecule has 1 aromatic carbocycles. The first-order valence-corrected chi connectivity index (χ1v) is 11.2. The standard InChI is InChI=1S/C22H32ClN3O4/c1-14-7-18(21(29-2)10-17(14)23)24-22(28)13-25-11-15-8-19(20(27)9-16(15)12-25)26-3-5-30-6-4-26/h7,10,15-16,19-20,27H,3-6,8-9,11-13H2,1-2H3,(H,24,28)/t15-,16+,19-,20-/m1/s1. The van der Waals surface area contributed by atoms with Crippen molar-refractivity contribution in [2.75, 3.05) is 58.4 Å². The van der Waals surface area contributed by atoms with E-state index in [1.807, 2.05) is 13.0 Å². The van der Waals surface area contributed by atoms with E-state index >= 15 is 0 Å². The summed E-state index contributed by atoms with van der Waals surface area (Å²) in [6.45, 7) is 7.30. The summed E-state index contributed by atoms with van der Waals surface area (Å²) in [4.78, 5) is 17.3. The zero-order valence-corrected chi connectivity index (χ0v) is 18.5. The zero-order valence-electron chi connectivity index (χ0n) is 17.8. The van der Waals surface area contributed by atoms with Crippen LogP contribution in [0.25, 0.3) is 0 Å². The van der Waals surface area contributed by atoms with Crippen LogP contribution in [0.2, 0.25) is 5.02 Å². The molecule has 2 N–H and O–H groups in total. The van der Waals surface area contributed by atoms with E-state index in [0.717, 1.165) is 57.8 Å². The van der Waals surface area contributed by atoms with Crippen LogP contribution >= 0.6 is 11.6 Å². The maximum atomic E-state index is 12.7. The largest absolute Gasteiger partial charge is 0.495 e. The quantitative estimate of drug-likeness (QED) is 0.734. The van der Waals surface area contributed by atoms with Crippen LogP contribution in [0.3, 0.4) is 0 Å². The third kappa shape index (κ3) is 4.75. The lowest BCUT2D eigenvalue weighted by atomic mass is 9.77. The second-order valence-electron chi connectivity index (χ2n) is 8.82. The van der Waals surface area contributed by atoms with Gasteiger partial charge in [0, 0.05) is 43.3 Å². The predicted molar refractivity (Wildman–Crippen MR) is 116 cm³/mol. The van der Waals surface area contributed by atoms with Crippen molar-refractivity contribution in [2.24, 2.45) is 11.8 Å². The Morgan fingerprint density at radius 1 is 1.27 bits per heavy atom. The second-order valence-corrected chi connectivity index (χ2v) is 9.23. The molecule has 2 aliphatic heterocycles. The van der Waals surface area contributed by atoms with Crippen molar-refractivity contribution in [2.45, 2.75) is 31.9 Å². The van der Waals surface area contributed by atoms with Gasteiger partial charge >= 0.3 is 0 Å². The van der Waals surface area contributed by atoms with E-state index < -0.39 is 0 Å². The van der Waals surface area contributed by atoms with Gasteiger partial charge in [0.15, 0.2) is 0 Å². The van der Waals surface area contributed by atoms with E-state index in [1.165, 1.54) is 0 Å². The monoisotopic (exact) mass is 437 g/mol. The number of carbonyl (C=O) groups excluding carboxylic acids is 1. The van der Waals surface area contributed by atoms with Crippen LogP contribution in [0, 0.1) is 18.8 Å². The maximum Gasteiger partial charge on any atom is 0.238 e. The van der Waals surface area contributed by atoms with Gasteiger partial charge in [-0.3, -0.25) is 14.6 Å². The number of methoxy groups -OCH3 is 1. The first kappa shape index (κ1) is 21.8. The van der Waals surface area contributed by atoms with Gasteiger partial charge < -0.3 is 19.9 Å². The number of morpholine rings is 1. The number of aliphatic hydroxyl groups is 1. The van der Waals surface area contributed by atoms with Gasteiger partial charge in [0.2, 0.25) is 5.91 Å². The van der Waals surface area contributed by atoms with Crippen molar-refractivity contribution >= 4 is 23.2 Å². The molecule has 0 unspecified atom stereocenters. The van der Waals surface area contributed by atoms with Gasteiger partial charge in [0.1, 0.15) is 5.75 Å². The number of nitrogens with zero attached hydrogens (tertiary/aromatic N) is 2. The molecule has 3 aliphatic rings. The van der Waals surface area contributed by atoms with Gasteiger partial charge in [0.05, 0.1) is 38.7 Å². The van der Waals surface area contributed by atoms with Crippen LogP contribution in [0.4, 0.5) is 5.69 Å². The average Bonchev–Trinajstić information content (AvgIpc) is 3.11. The lowest BCUT2D eigenvalue weighted by Gasteiger charge is -2.43. The Balaban J connectivity index is 1.34. The van der Waals surface area contributed by atoms with Crippen molar-refractivity contribution in [3.05, 3.63) is 22.7 Å². The molecule has 1 saturated carbocycles. The maximum absolute atomic E-state index is 12.7. The molecule has 30 heavy (non-hydrogen) atoms. The number of benzene rings is 1. The highest BCUT2D eigenvalue weighted by Gasteiger charge is 2.43. The molecule has 1 amide bonds. The number of amides is 1. The SMILES string of the molecule is COc1cc(Cl)c(C)cc1NC(=O)CN1C[C@H]2C[C@@H](N3CCOCC3)[C@H](O)C[C@H]2C1. The van der Waals surface area contributed by atoms with Crippen molar-refractivity contribution < 1.29 is 19.4 Å². The number of aryl methyl sites for hydroxylation is 1. The highest BCUT2D eigenvalue weighted by atomic mass is 35.5. The zero-order chi connectivity index (χ0) is 21.3. The van der Waals surface area contributed by atoms with Gasteiger partial charge in [-0.2, -0.15) is 0 Å². The summed E-state index contributed by atoms with van der Waals surface area (Å²) in [6.07, 6.45) is 1.52. The Bertz CT molecular complexity index is 771. The highest BCUT2D eigenvalue weighted by molar-refractivity contribution is 6.31. The van der Waals surface area contributed by atoms with Gasteiger partial charge in [-0.1, -0.05) is 11.6 Å². The average molecular weight is 438 g/mol. The van der Waals surface area contributed by atoms with E-state index in [1.54, 1.807) is 13.2 Å². The summed E-state index contributed by atoms with van der Waals surface area (Å²) in [5.74, 6) is 1.49. The summed E-state index contributed by atoms with van der Waals surface area (Å²) in [7, 11) is 1.57. The van der Waals surface area contributed by atoms with Crippen molar-refractivity contribution in [3.8, 4) is 5.75 Å². The molecular formula is C22H32ClN3O4. The number of ether oxygens (including phenoxy) is 2. The molecule has 4 rings (SSSR count). The van der Waals surface area contributed by atoms with E-state index in [9.17, 15) is 9.90 Å². The molecule has 0 radical (unpaired) electrons. The third-order valence-electron chi connectivity index (χ3n) is 6.82. The van der Waals surface area contributed by atoms with Gasteiger partial charge in [-0.05, 0) is 43.2 Å². The number of likely N-dealkylation sites (tertiary alicyclic amines) is 1. The van der Waals surface area contributed by atoms with Gasteiger partial charge in [0.25, 0.3) is 0 Å². The predicted octanol–water partition coefficient (Wildman–Crippen LogP) is 2.00. The minimum Gasteiger partial charge on any atom is -0.495 e. The van der Waals surface area contributed by atoms with E-state index in [2.05, 4.69) is 15.1 Å². The molecule has 2 saturated heterocycles. The van der Waals surface area contributed by atoms with E-state index in [-0.39, 0.29) is 18.1 Å². The summed E-state index contributed by atoms with van der Waals surface area (Å²) in [6, 6.07) is 3.78. The van der Waals surface area contributed by atoms with Crippen LogP contribution in [0.15, 0.2) is 12.1 Å². The number of halogens is 1. The normalized spacial score (nSPS) is 30.1. The first-order valence-electron chi connectivity index (χ1n) is 10.8. The number of aliphatic hydroxyl groups excluding tert-OH is 1. The smallest absolute Gasteiger partial charge is 0.238 e. The second kappa shape index (κ2) is 9.40. The van der Waals surface area contributed by atoms with E-state index in [0.29, 0.717) is 34.8 Å². The van der Waals surface area contributed by atoms with Crippen molar-refractivity contribution in [3.63, 3.8) is 0 Å². The molecule has 1 aliphatic carbocycles. The molecule has 0 spiro atoms. The number of hydrogen-bond acceptors (Lipinski definition) is 6. The molecule has 7 nitrogen and oxygen atoms in total. The molecule has 0 bridgehead atoms. The lowest BCUT2D eigenvalue weighted by molar-refractivity contribution is -0.117. The fourth-order valence-electron chi connectivity index (χ4n) is 5.26. The fraction of sp³-hybridized carbons (Fsp3) is 0.682. The van der Waals surface area contributed by atoms with E-state index in [4.69, 9.17) is 21.1 Å². The van der Waals surface area contributed by atoms with Crippen LogP contribution in [0.5, 0.6) is 5.75 Å². The molecule has 0 aromatic heterocycles. The molecule has 1 aromatic rings. The van der Waals surface area contributed by atoms with Crippen LogP contribution in [0.1, 0.15) is 18.4 Å². The first-order chi connectivity index (χ1) is 14.4. The molecular weight excluding hydrogens is 406 g/mol. The lowest BCUT2D eigenvalue weighted by Crippen LogP contribution is -2.53. The Kier molecular flexibility index (Phi) is 6.85. The number of rotatable bonds is 5. The molecule has 166 valence electrons. The topological polar surface area (TPSA) is 74.3 Å². The summed E-state index contributed by atoms with van der Waals surface area (Å²) >= 11 is 6.16. The Morgan fingerprint density at radius 2 is 1.97 bits per heavy atom. The van der Waals surface area contributed by atoms with Gasteiger partial charge in [-0.25, -0.2) is 0 Å². The minimum atomic E-state index is -0.292. The number of hydrogen-bond donors (Lipinski definition) is 2. The fourth-order valence-corrected chi connectivity index (χ4v) is 5.41. The van der Waals surface area contributed by atoms with Crippen LogP contribution < -0.4 is 10.1 Å². The van der Waals surface area contributed by atoms with Crippen LogP contribution in [-0.2, 0) is 9.53 Å². The molecule has 2 heterocycles. The summed E-state index contributed by atoms with van der Waals surface area (Å²) < 4.78 is 10.8. The number of carbonyl (C=O) groups is 1. The Morgan fingerprint density at radius 3 is 2.67 bits per heavy atom. The number of fused-ring (bicyclic) bond motifs is 1. The van der Waals surface area contributed by atoms with Gasteiger partial charge in [-0.15, -0.1) is 0 Å². The highest BCUT2D eigenvalue weighted by Crippen LogP contribution is 2.38. The summed E-state index contributed by atoms with van der Waals surface area (Å²) in [5.41, 5.74) is 1.53. The number of anilines is 1.